The molecule has 3 nitrogen and oxygen atoms in total. The van der Waals surface area contributed by atoms with Gasteiger partial charge in [0.25, 0.3) is 0 Å². The zero-order chi connectivity index (χ0) is 9.03. The lowest BCUT2D eigenvalue weighted by Gasteiger charge is -2.34. The molecule has 0 aromatic heterocycles. The maximum absolute atomic E-state index is 5.32. The summed E-state index contributed by atoms with van der Waals surface area (Å²) in [5.41, 5.74) is -0.0983. The first-order chi connectivity index (χ1) is 5.66. The fourth-order valence-electron chi connectivity index (χ4n) is 1.03. The Bertz CT molecular complexity index is 175. The third-order valence-electron chi connectivity index (χ3n) is 1.84. The molecule has 0 atom stereocenters. The Morgan fingerprint density at radius 1 is 1.58 bits per heavy atom. The molecule has 0 aromatic rings. The summed E-state index contributed by atoms with van der Waals surface area (Å²) in [7, 11) is 0. The fourth-order valence-corrected chi connectivity index (χ4v) is 1.03. The molecule has 68 valence electrons. The number of ether oxygens (including phenoxy) is 3. The Morgan fingerprint density at radius 2 is 2.17 bits per heavy atom. The highest BCUT2D eigenvalue weighted by Crippen LogP contribution is 2.23. The van der Waals surface area contributed by atoms with Crippen LogP contribution >= 0.6 is 0 Å². The molecule has 0 radical (unpaired) electrons. The lowest BCUT2D eigenvalue weighted by atomic mass is 9.93. The van der Waals surface area contributed by atoms with Crippen LogP contribution in [0.5, 0.6) is 0 Å². The van der Waals surface area contributed by atoms with E-state index < -0.39 is 0 Å². The van der Waals surface area contributed by atoms with Gasteiger partial charge >= 0.3 is 0 Å². The Morgan fingerprint density at radius 3 is 2.67 bits per heavy atom. The summed E-state index contributed by atoms with van der Waals surface area (Å²) in [6.45, 7) is 5.65. The lowest BCUT2D eigenvalue weighted by molar-refractivity contribution is -0.223. The summed E-state index contributed by atoms with van der Waals surface area (Å²) in [5, 5.41) is 0. The quantitative estimate of drug-likeness (QED) is 0.578. The Balaban J connectivity index is 2.35. The monoisotopic (exact) mass is 170 g/mol. The molecule has 1 aliphatic heterocycles. The second-order valence-electron chi connectivity index (χ2n) is 3.41. The van der Waals surface area contributed by atoms with E-state index in [9.17, 15) is 0 Å². The maximum Gasteiger partial charge on any atom is 0.154 e. The summed E-state index contributed by atoms with van der Waals surface area (Å²) in [6.07, 6.45) is 7.01. The molecule has 3 heteroatoms. The molecule has 1 rings (SSSR count). The van der Waals surface area contributed by atoms with E-state index in [1.54, 1.807) is 0 Å². The molecule has 0 amide bonds. The molecule has 1 aliphatic rings. The third-order valence-corrected chi connectivity index (χ3v) is 1.84. The van der Waals surface area contributed by atoms with Gasteiger partial charge in [0.05, 0.1) is 13.2 Å². The van der Waals surface area contributed by atoms with E-state index in [1.165, 1.54) is 0 Å². The molecule has 1 heterocycles. The predicted molar refractivity (Wildman–Crippen MR) is 44.3 cm³/mol. The van der Waals surface area contributed by atoms with E-state index in [0.29, 0.717) is 19.8 Å². The number of rotatable bonds is 2. The summed E-state index contributed by atoms with van der Waals surface area (Å²) < 4.78 is 15.5. The van der Waals surface area contributed by atoms with Crippen molar-refractivity contribution in [1.29, 1.82) is 0 Å². The van der Waals surface area contributed by atoms with Gasteiger partial charge in [-0.25, -0.2) is 0 Å². The standard InChI is InChI=1S/C9H14O3/c1-4-10-5-9(3)6-11-8(2)12-7-9/h1,8H,5-7H2,2-3H3. The Kier molecular flexibility index (Phi) is 2.96. The van der Waals surface area contributed by atoms with Gasteiger partial charge in [-0.1, -0.05) is 13.3 Å². The van der Waals surface area contributed by atoms with Crippen molar-refractivity contribution in [3.05, 3.63) is 0 Å². The highest BCUT2D eigenvalue weighted by Gasteiger charge is 2.31. The number of hydrogen-bond donors (Lipinski definition) is 0. The van der Waals surface area contributed by atoms with Crippen molar-refractivity contribution in [3.63, 3.8) is 0 Å². The minimum atomic E-state index is -0.107. The van der Waals surface area contributed by atoms with Gasteiger partial charge in [0, 0.05) is 5.41 Å². The average molecular weight is 170 g/mol. The van der Waals surface area contributed by atoms with Gasteiger partial charge in [-0.3, -0.25) is 0 Å². The maximum atomic E-state index is 5.32. The SMILES string of the molecule is C#COCC1(C)COC(C)OC1. The average Bonchev–Trinajstić information content (AvgIpc) is 2.08. The number of hydrogen-bond acceptors (Lipinski definition) is 3. The molecule has 1 fully saturated rings. The van der Waals surface area contributed by atoms with E-state index >= 15 is 0 Å². The highest BCUT2D eigenvalue weighted by molar-refractivity contribution is 4.79. The van der Waals surface area contributed by atoms with Crippen molar-refractivity contribution in [2.75, 3.05) is 19.8 Å². The summed E-state index contributed by atoms with van der Waals surface area (Å²) in [4.78, 5) is 0. The van der Waals surface area contributed by atoms with E-state index in [1.807, 2.05) is 13.8 Å². The highest BCUT2D eigenvalue weighted by atomic mass is 16.7. The van der Waals surface area contributed by atoms with Gasteiger partial charge in [0.15, 0.2) is 6.29 Å². The van der Waals surface area contributed by atoms with Gasteiger partial charge in [0.1, 0.15) is 12.7 Å². The van der Waals surface area contributed by atoms with Crippen molar-refractivity contribution in [2.45, 2.75) is 20.1 Å². The van der Waals surface area contributed by atoms with Crippen LogP contribution in [0.4, 0.5) is 0 Å². The molecule has 0 unspecified atom stereocenters. The molecular weight excluding hydrogens is 156 g/mol. The predicted octanol–water partition coefficient (Wildman–Crippen LogP) is 0.993. The van der Waals surface area contributed by atoms with E-state index in [2.05, 4.69) is 6.11 Å². The molecule has 12 heavy (non-hydrogen) atoms. The van der Waals surface area contributed by atoms with Crippen LogP contribution in [0.3, 0.4) is 0 Å². The molecule has 0 bridgehead atoms. The fraction of sp³-hybridized carbons (Fsp3) is 0.778. The minimum Gasteiger partial charge on any atom is -0.446 e. The zero-order valence-corrected chi connectivity index (χ0v) is 7.50. The second-order valence-corrected chi connectivity index (χ2v) is 3.41. The smallest absolute Gasteiger partial charge is 0.154 e. The lowest BCUT2D eigenvalue weighted by Crippen LogP contribution is -2.41. The first-order valence-corrected chi connectivity index (χ1v) is 3.97. The van der Waals surface area contributed by atoms with E-state index in [4.69, 9.17) is 20.6 Å². The summed E-state index contributed by atoms with van der Waals surface area (Å²) in [6, 6.07) is 0. The van der Waals surface area contributed by atoms with Crippen molar-refractivity contribution < 1.29 is 14.2 Å². The van der Waals surface area contributed by atoms with Gasteiger partial charge in [-0.2, -0.15) is 0 Å². The van der Waals surface area contributed by atoms with Crippen LogP contribution in [-0.4, -0.2) is 26.1 Å². The van der Waals surface area contributed by atoms with Crippen molar-refractivity contribution in [3.8, 4) is 12.5 Å². The van der Waals surface area contributed by atoms with Crippen LogP contribution in [0, 0.1) is 17.9 Å². The molecule has 1 saturated heterocycles. The van der Waals surface area contributed by atoms with Crippen molar-refractivity contribution in [2.24, 2.45) is 5.41 Å². The Labute approximate surface area is 73.0 Å². The first kappa shape index (κ1) is 9.37. The van der Waals surface area contributed by atoms with Crippen molar-refractivity contribution >= 4 is 0 Å². The third kappa shape index (κ3) is 2.40. The van der Waals surface area contributed by atoms with Gasteiger partial charge in [0.2, 0.25) is 0 Å². The van der Waals surface area contributed by atoms with Crippen LogP contribution in [-0.2, 0) is 14.2 Å². The molecular formula is C9H14O3. The number of terminal acetylenes is 1. The van der Waals surface area contributed by atoms with Crippen LogP contribution in [0.1, 0.15) is 13.8 Å². The van der Waals surface area contributed by atoms with Crippen LogP contribution in [0.25, 0.3) is 0 Å². The van der Waals surface area contributed by atoms with Crippen molar-refractivity contribution in [1.82, 2.24) is 0 Å². The molecule has 0 aromatic carbocycles. The molecule has 0 spiro atoms. The zero-order valence-electron chi connectivity index (χ0n) is 7.50. The Hall–Kier alpha value is -0.720. The van der Waals surface area contributed by atoms with E-state index in [-0.39, 0.29) is 11.7 Å². The van der Waals surface area contributed by atoms with Gasteiger partial charge in [-0.05, 0) is 6.92 Å². The minimum absolute atomic E-state index is 0.0983. The van der Waals surface area contributed by atoms with Gasteiger partial charge in [-0.15, -0.1) is 0 Å². The van der Waals surface area contributed by atoms with Crippen LogP contribution < -0.4 is 0 Å². The molecule has 0 N–H and O–H groups in total. The topological polar surface area (TPSA) is 27.7 Å². The molecule has 0 aliphatic carbocycles. The summed E-state index contributed by atoms with van der Waals surface area (Å²) >= 11 is 0. The summed E-state index contributed by atoms with van der Waals surface area (Å²) in [5.74, 6) is 0. The van der Waals surface area contributed by atoms with Crippen LogP contribution in [0.15, 0.2) is 0 Å². The van der Waals surface area contributed by atoms with E-state index in [0.717, 1.165) is 0 Å². The van der Waals surface area contributed by atoms with Crippen LogP contribution in [0.2, 0.25) is 0 Å². The van der Waals surface area contributed by atoms with Gasteiger partial charge < -0.3 is 14.2 Å². The largest absolute Gasteiger partial charge is 0.446 e. The normalized spacial score (nSPS) is 35.6. The second kappa shape index (κ2) is 3.79. The molecule has 0 saturated carbocycles. The first-order valence-electron chi connectivity index (χ1n) is 3.97.